The van der Waals surface area contributed by atoms with Crippen molar-refractivity contribution in [3.63, 3.8) is 0 Å². The number of aromatic nitrogens is 3. The van der Waals surface area contributed by atoms with Crippen LogP contribution in [0.5, 0.6) is 0 Å². The summed E-state index contributed by atoms with van der Waals surface area (Å²) in [7, 11) is 0. The summed E-state index contributed by atoms with van der Waals surface area (Å²) in [5.74, 6) is 2.42. The molecule has 0 radical (unpaired) electrons. The molecule has 0 atom stereocenters. The summed E-state index contributed by atoms with van der Waals surface area (Å²) < 4.78 is 39.0. The molecule has 0 fully saturated rings. The molecule has 98 valence electrons. The minimum atomic E-state index is -4.71. The van der Waals surface area contributed by atoms with Gasteiger partial charge in [0.05, 0.1) is 6.54 Å². The molecule has 0 aliphatic rings. The molecular weight excluding hydrogens is 261 g/mol. The van der Waals surface area contributed by atoms with Crippen molar-refractivity contribution in [3.8, 4) is 12.3 Å². The van der Waals surface area contributed by atoms with Crippen LogP contribution in [0.3, 0.4) is 0 Å². The lowest BCUT2D eigenvalue weighted by Gasteiger charge is -2.11. The van der Waals surface area contributed by atoms with Crippen LogP contribution in [0.2, 0.25) is 0 Å². The predicted molar refractivity (Wildman–Crippen MR) is 61.6 cm³/mol. The van der Waals surface area contributed by atoms with E-state index in [0.717, 1.165) is 0 Å². The average molecular weight is 268 g/mol. The van der Waals surface area contributed by atoms with E-state index in [1.807, 2.05) is 0 Å². The van der Waals surface area contributed by atoms with E-state index in [4.69, 9.17) is 6.42 Å². The van der Waals surface area contributed by atoms with Gasteiger partial charge in [-0.3, -0.25) is 4.79 Å². The van der Waals surface area contributed by atoms with Crippen LogP contribution in [0.25, 0.3) is 5.65 Å². The van der Waals surface area contributed by atoms with E-state index in [9.17, 15) is 18.0 Å². The second-order valence-electron chi connectivity index (χ2n) is 3.52. The molecule has 5 nitrogen and oxygen atoms in total. The maximum Gasteiger partial charge on any atom is 0.433 e. The van der Waals surface area contributed by atoms with Crippen LogP contribution < -0.4 is 10.9 Å². The highest BCUT2D eigenvalue weighted by Gasteiger charge is 2.34. The smallest absolute Gasteiger partial charge is 0.358 e. The molecule has 0 amide bonds. The number of nitrogens with zero attached hydrogens (tertiary/aromatic N) is 3. The van der Waals surface area contributed by atoms with Crippen molar-refractivity contribution < 1.29 is 13.2 Å². The number of rotatable bonds is 2. The number of terminal acetylenes is 1. The Morgan fingerprint density at radius 2 is 2.16 bits per heavy atom. The number of hydrogen-bond donors (Lipinski definition) is 1. The Morgan fingerprint density at radius 1 is 1.42 bits per heavy atom. The molecule has 2 aromatic heterocycles. The first-order valence-electron chi connectivity index (χ1n) is 5.07. The first-order valence-corrected chi connectivity index (χ1v) is 5.07. The van der Waals surface area contributed by atoms with Crippen LogP contribution in [0.1, 0.15) is 5.69 Å². The maximum atomic E-state index is 12.8. The Kier molecular flexibility index (Phi) is 3.12. The van der Waals surface area contributed by atoms with Gasteiger partial charge in [0, 0.05) is 6.07 Å². The SMILES string of the molecule is C#CCNc1ccc2nc(=O)cc(C(F)(F)F)n2n1. The fourth-order valence-corrected chi connectivity index (χ4v) is 1.44. The molecule has 8 heteroatoms. The van der Waals surface area contributed by atoms with E-state index in [1.165, 1.54) is 12.1 Å². The lowest BCUT2D eigenvalue weighted by Crippen LogP contribution is -2.21. The van der Waals surface area contributed by atoms with Crippen LogP contribution >= 0.6 is 0 Å². The van der Waals surface area contributed by atoms with Gasteiger partial charge in [0.25, 0.3) is 5.56 Å². The Labute approximate surface area is 105 Å². The standard InChI is InChI=1S/C11H7F3N4O/c1-2-5-15-8-3-4-9-16-10(19)6-7(11(12,13)14)18(9)17-8/h1,3-4,6H,5H2,(H,15,17). The van der Waals surface area contributed by atoms with Crippen LogP contribution in [0, 0.1) is 12.3 Å². The van der Waals surface area contributed by atoms with E-state index >= 15 is 0 Å². The van der Waals surface area contributed by atoms with Crippen molar-refractivity contribution in [2.75, 3.05) is 11.9 Å². The second kappa shape index (κ2) is 4.61. The number of alkyl halides is 3. The summed E-state index contributed by atoms with van der Waals surface area (Å²) in [6, 6.07) is 3.03. The van der Waals surface area contributed by atoms with Gasteiger partial charge < -0.3 is 5.32 Å². The van der Waals surface area contributed by atoms with Crippen molar-refractivity contribution in [1.29, 1.82) is 0 Å². The quantitative estimate of drug-likeness (QED) is 0.830. The number of fused-ring (bicyclic) bond motifs is 1. The maximum absolute atomic E-state index is 12.8. The van der Waals surface area contributed by atoms with E-state index < -0.39 is 17.4 Å². The molecular formula is C11H7F3N4O. The summed E-state index contributed by atoms with van der Waals surface area (Å²) in [4.78, 5) is 14.6. The van der Waals surface area contributed by atoms with Crippen LogP contribution in [0.15, 0.2) is 23.0 Å². The van der Waals surface area contributed by atoms with Crippen molar-refractivity contribution in [3.05, 3.63) is 34.2 Å². The molecule has 0 aromatic carbocycles. The first kappa shape index (κ1) is 12.9. The van der Waals surface area contributed by atoms with E-state index in [1.54, 1.807) is 0 Å². The van der Waals surface area contributed by atoms with E-state index in [2.05, 4.69) is 21.3 Å². The minimum Gasteiger partial charge on any atom is -0.358 e. The normalized spacial score (nSPS) is 11.3. The molecule has 19 heavy (non-hydrogen) atoms. The summed E-state index contributed by atoms with van der Waals surface area (Å²) >= 11 is 0. The molecule has 0 aliphatic heterocycles. The zero-order chi connectivity index (χ0) is 14.0. The largest absolute Gasteiger partial charge is 0.433 e. The van der Waals surface area contributed by atoms with Gasteiger partial charge in [-0.1, -0.05) is 5.92 Å². The van der Waals surface area contributed by atoms with Crippen molar-refractivity contribution in [2.24, 2.45) is 0 Å². The number of nitrogens with one attached hydrogen (secondary N) is 1. The number of hydrogen-bond acceptors (Lipinski definition) is 4. The molecule has 0 aliphatic carbocycles. The van der Waals surface area contributed by atoms with Gasteiger partial charge in [-0.2, -0.15) is 18.2 Å². The summed E-state index contributed by atoms with van der Waals surface area (Å²) in [6.45, 7) is 0.119. The van der Waals surface area contributed by atoms with Gasteiger partial charge in [0.15, 0.2) is 11.3 Å². The topological polar surface area (TPSA) is 59.3 Å². The summed E-state index contributed by atoms with van der Waals surface area (Å²) in [5.41, 5.74) is -2.35. The third-order valence-corrected chi connectivity index (χ3v) is 2.19. The summed E-state index contributed by atoms with van der Waals surface area (Å²) in [6.07, 6.45) is 0.322. The molecule has 0 spiro atoms. The fourth-order valence-electron chi connectivity index (χ4n) is 1.44. The van der Waals surface area contributed by atoms with Gasteiger partial charge in [-0.05, 0) is 12.1 Å². The highest BCUT2D eigenvalue weighted by atomic mass is 19.4. The second-order valence-corrected chi connectivity index (χ2v) is 3.52. The fraction of sp³-hybridized carbons (Fsp3) is 0.182. The van der Waals surface area contributed by atoms with E-state index in [-0.39, 0.29) is 18.0 Å². The van der Waals surface area contributed by atoms with Crippen molar-refractivity contribution in [2.45, 2.75) is 6.18 Å². The third-order valence-electron chi connectivity index (χ3n) is 2.19. The van der Waals surface area contributed by atoms with Crippen molar-refractivity contribution in [1.82, 2.24) is 14.6 Å². The number of anilines is 1. The zero-order valence-electron chi connectivity index (χ0n) is 9.40. The highest BCUT2D eigenvalue weighted by Crippen LogP contribution is 2.28. The van der Waals surface area contributed by atoms with Gasteiger partial charge >= 0.3 is 6.18 Å². The Bertz CT molecular complexity index is 714. The molecule has 2 heterocycles. The Balaban J connectivity index is 2.66. The number of halogens is 3. The van der Waals surface area contributed by atoms with Crippen LogP contribution in [-0.2, 0) is 6.18 Å². The molecule has 2 rings (SSSR count). The molecule has 0 saturated carbocycles. The molecule has 0 saturated heterocycles. The van der Waals surface area contributed by atoms with Crippen LogP contribution in [-0.4, -0.2) is 21.1 Å². The lowest BCUT2D eigenvalue weighted by atomic mass is 10.3. The average Bonchev–Trinajstić information content (AvgIpc) is 2.34. The lowest BCUT2D eigenvalue weighted by molar-refractivity contribution is -0.142. The predicted octanol–water partition coefficient (Wildman–Crippen LogP) is 1.15. The van der Waals surface area contributed by atoms with Crippen molar-refractivity contribution >= 4 is 11.5 Å². The highest BCUT2D eigenvalue weighted by molar-refractivity contribution is 5.45. The third kappa shape index (κ3) is 2.65. The molecule has 0 bridgehead atoms. The molecule has 0 unspecified atom stereocenters. The van der Waals surface area contributed by atoms with E-state index in [0.29, 0.717) is 10.6 Å². The monoisotopic (exact) mass is 268 g/mol. The van der Waals surface area contributed by atoms with Gasteiger partial charge in [0.2, 0.25) is 0 Å². The molecule has 2 aromatic rings. The van der Waals surface area contributed by atoms with Gasteiger partial charge in [-0.15, -0.1) is 11.5 Å². The summed E-state index contributed by atoms with van der Waals surface area (Å²) in [5, 5.41) is 6.35. The Morgan fingerprint density at radius 3 is 2.79 bits per heavy atom. The Hall–Kier alpha value is -2.56. The van der Waals surface area contributed by atoms with Gasteiger partial charge in [0.1, 0.15) is 5.82 Å². The molecule has 1 N–H and O–H groups in total. The van der Waals surface area contributed by atoms with Gasteiger partial charge in [-0.25, -0.2) is 4.52 Å². The minimum absolute atomic E-state index is 0.119. The first-order chi connectivity index (χ1) is 8.91. The van der Waals surface area contributed by atoms with Crippen LogP contribution in [0.4, 0.5) is 19.0 Å². The zero-order valence-corrected chi connectivity index (χ0v) is 9.40.